The van der Waals surface area contributed by atoms with Gasteiger partial charge in [0, 0.05) is 10.0 Å². The molecule has 0 radical (unpaired) electrons. The van der Waals surface area contributed by atoms with Crippen LogP contribution in [-0.4, -0.2) is 27.1 Å². The molecule has 0 bridgehead atoms. The summed E-state index contributed by atoms with van der Waals surface area (Å²) in [6, 6.07) is 8.96. The van der Waals surface area contributed by atoms with Gasteiger partial charge in [0.1, 0.15) is 6.54 Å². The van der Waals surface area contributed by atoms with Gasteiger partial charge in [-0.1, -0.05) is 52.5 Å². The van der Waals surface area contributed by atoms with Crippen LogP contribution in [0.1, 0.15) is 0 Å². The summed E-state index contributed by atoms with van der Waals surface area (Å²) in [6.45, 7) is -0.503. The van der Waals surface area contributed by atoms with Gasteiger partial charge in [-0.15, -0.1) is 0 Å². The summed E-state index contributed by atoms with van der Waals surface area (Å²) >= 11 is 23.8. The summed E-state index contributed by atoms with van der Waals surface area (Å²) in [5.74, 6) is -0.628. The first kappa shape index (κ1) is 20.1. The molecular formula is C15H12Cl4N2O3S. The van der Waals surface area contributed by atoms with Crippen molar-refractivity contribution >= 4 is 73.7 Å². The van der Waals surface area contributed by atoms with Crippen LogP contribution in [0.25, 0.3) is 0 Å². The van der Waals surface area contributed by atoms with Crippen LogP contribution in [0.2, 0.25) is 20.1 Å². The van der Waals surface area contributed by atoms with Crippen molar-refractivity contribution in [2.45, 2.75) is 0 Å². The second kappa shape index (κ2) is 8.01. The number of rotatable bonds is 5. The van der Waals surface area contributed by atoms with Crippen LogP contribution in [0.3, 0.4) is 0 Å². The Morgan fingerprint density at radius 2 is 1.56 bits per heavy atom. The molecular weight excluding hydrogens is 430 g/mol. The molecule has 0 aliphatic heterocycles. The Balaban J connectivity index is 2.30. The van der Waals surface area contributed by atoms with Gasteiger partial charge < -0.3 is 5.32 Å². The van der Waals surface area contributed by atoms with E-state index in [1.165, 1.54) is 18.2 Å². The topological polar surface area (TPSA) is 66.5 Å². The maximum Gasteiger partial charge on any atom is 0.245 e. The third-order valence-electron chi connectivity index (χ3n) is 3.05. The first-order chi connectivity index (χ1) is 11.6. The molecule has 5 nitrogen and oxygen atoms in total. The Morgan fingerprint density at radius 1 is 1.04 bits per heavy atom. The van der Waals surface area contributed by atoms with E-state index in [4.69, 9.17) is 46.4 Å². The van der Waals surface area contributed by atoms with E-state index < -0.39 is 22.5 Å². The summed E-state index contributed by atoms with van der Waals surface area (Å²) in [4.78, 5) is 12.3. The van der Waals surface area contributed by atoms with E-state index in [1.54, 1.807) is 18.2 Å². The number of halogens is 4. The number of amides is 1. The molecule has 0 heterocycles. The SMILES string of the molecule is CS(=O)(=O)N(CC(=O)Nc1c(Cl)cccc1Cl)c1cc(Cl)cc(Cl)c1. The molecule has 10 heteroatoms. The van der Waals surface area contributed by atoms with Gasteiger partial charge in [-0.05, 0) is 30.3 Å². The summed E-state index contributed by atoms with van der Waals surface area (Å²) in [5, 5.41) is 3.46. The van der Waals surface area contributed by atoms with Gasteiger partial charge in [0.25, 0.3) is 0 Å². The average Bonchev–Trinajstić information content (AvgIpc) is 2.46. The standard InChI is InChI=1S/C15H12Cl4N2O3S/c1-25(23,24)21(11-6-9(16)5-10(17)7-11)8-14(22)20-15-12(18)3-2-4-13(15)19/h2-7H,8H2,1H3,(H,20,22). The van der Waals surface area contributed by atoms with Crippen LogP contribution >= 0.6 is 46.4 Å². The smallest absolute Gasteiger partial charge is 0.245 e. The minimum absolute atomic E-state index is 0.167. The van der Waals surface area contributed by atoms with E-state index in [0.29, 0.717) is 0 Å². The summed E-state index contributed by atoms with van der Waals surface area (Å²) in [7, 11) is -3.77. The zero-order valence-electron chi connectivity index (χ0n) is 12.8. The number of benzene rings is 2. The molecule has 1 N–H and O–H groups in total. The lowest BCUT2D eigenvalue weighted by Gasteiger charge is -2.22. The number of nitrogens with one attached hydrogen (secondary N) is 1. The van der Waals surface area contributed by atoms with E-state index in [0.717, 1.165) is 10.6 Å². The van der Waals surface area contributed by atoms with Crippen LogP contribution in [-0.2, 0) is 14.8 Å². The molecule has 25 heavy (non-hydrogen) atoms. The normalized spacial score (nSPS) is 11.2. The number of carbonyl (C=O) groups is 1. The fourth-order valence-electron chi connectivity index (χ4n) is 2.01. The Kier molecular flexibility index (Phi) is 6.45. The number of hydrogen-bond acceptors (Lipinski definition) is 3. The van der Waals surface area contributed by atoms with Gasteiger partial charge in [-0.3, -0.25) is 9.10 Å². The van der Waals surface area contributed by atoms with Crippen molar-refractivity contribution < 1.29 is 13.2 Å². The van der Waals surface area contributed by atoms with E-state index in [1.807, 2.05) is 0 Å². The highest BCUT2D eigenvalue weighted by Gasteiger charge is 2.22. The highest BCUT2D eigenvalue weighted by atomic mass is 35.5. The third-order valence-corrected chi connectivity index (χ3v) is 5.26. The number of sulfonamides is 1. The molecule has 0 spiro atoms. The van der Waals surface area contributed by atoms with Crippen molar-refractivity contribution in [2.24, 2.45) is 0 Å². The average molecular weight is 442 g/mol. The van der Waals surface area contributed by atoms with Crippen molar-refractivity contribution in [1.82, 2.24) is 0 Å². The fourth-order valence-corrected chi connectivity index (χ4v) is 3.86. The van der Waals surface area contributed by atoms with Crippen LogP contribution in [0, 0.1) is 0 Å². The lowest BCUT2D eigenvalue weighted by molar-refractivity contribution is -0.114. The minimum Gasteiger partial charge on any atom is -0.322 e. The maximum absolute atomic E-state index is 12.3. The summed E-state index contributed by atoms with van der Waals surface area (Å²) in [5.41, 5.74) is 0.369. The molecule has 0 saturated heterocycles. The van der Waals surface area contributed by atoms with Gasteiger partial charge in [0.2, 0.25) is 15.9 Å². The molecule has 0 saturated carbocycles. The maximum atomic E-state index is 12.3. The largest absolute Gasteiger partial charge is 0.322 e. The first-order valence-electron chi connectivity index (χ1n) is 6.75. The van der Waals surface area contributed by atoms with Crippen LogP contribution in [0.15, 0.2) is 36.4 Å². The van der Waals surface area contributed by atoms with E-state index in [2.05, 4.69) is 5.32 Å². The van der Waals surface area contributed by atoms with Crippen molar-refractivity contribution in [1.29, 1.82) is 0 Å². The van der Waals surface area contributed by atoms with Crippen molar-refractivity contribution in [2.75, 3.05) is 22.4 Å². The monoisotopic (exact) mass is 440 g/mol. The number of nitrogens with zero attached hydrogens (tertiary/aromatic N) is 1. The second-order valence-electron chi connectivity index (χ2n) is 5.04. The van der Waals surface area contributed by atoms with Gasteiger partial charge in [0.05, 0.1) is 27.7 Å². The lowest BCUT2D eigenvalue weighted by Crippen LogP contribution is -2.37. The van der Waals surface area contributed by atoms with Gasteiger partial charge in [-0.2, -0.15) is 0 Å². The Bertz CT molecular complexity index is 878. The molecule has 0 aliphatic carbocycles. The van der Waals surface area contributed by atoms with Crippen molar-refractivity contribution in [3.05, 3.63) is 56.5 Å². The summed E-state index contributed by atoms with van der Waals surface area (Å²) in [6.07, 6.45) is 0.970. The van der Waals surface area contributed by atoms with Crippen LogP contribution < -0.4 is 9.62 Å². The minimum atomic E-state index is -3.77. The van der Waals surface area contributed by atoms with Crippen molar-refractivity contribution in [3.63, 3.8) is 0 Å². The number of hydrogen-bond donors (Lipinski definition) is 1. The number of para-hydroxylation sites is 1. The summed E-state index contributed by atoms with van der Waals surface area (Å²) < 4.78 is 25.0. The fraction of sp³-hybridized carbons (Fsp3) is 0.133. The molecule has 2 aromatic carbocycles. The van der Waals surface area contributed by atoms with Gasteiger partial charge in [0.15, 0.2) is 0 Å². The molecule has 0 aliphatic rings. The number of anilines is 2. The highest BCUT2D eigenvalue weighted by Crippen LogP contribution is 2.30. The third kappa shape index (κ3) is 5.39. The quantitative estimate of drug-likeness (QED) is 0.730. The molecule has 1 amide bonds. The molecule has 2 rings (SSSR count). The van der Waals surface area contributed by atoms with Gasteiger partial charge in [-0.25, -0.2) is 8.42 Å². The van der Waals surface area contributed by atoms with E-state index in [-0.39, 0.29) is 31.5 Å². The predicted octanol–water partition coefficient (Wildman–Crippen LogP) is 4.70. The Morgan fingerprint density at radius 3 is 2.04 bits per heavy atom. The highest BCUT2D eigenvalue weighted by molar-refractivity contribution is 7.92. The Hall–Kier alpha value is -1.18. The molecule has 0 fully saturated rings. The van der Waals surface area contributed by atoms with Gasteiger partial charge >= 0.3 is 0 Å². The molecule has 0 unspecified atom stereocenters. The van der Waals surface area contributed by atoms with Crippen LogP contribution in [0.4, 0.5) is 11.4 Å². The lowest BCUT2D eigenvalue weighted by atomic mass is 10.3. The predicted molar refractivity (Wildman–Crippen MR) is 104 cm³/mol. The van der Waals surface area contributed by atoms with Crippen LogP contribution in [0.5, 0.6) is 0 Å². The molecule has 0 atom stereocenters. The zero-order valence-corrected chi connectivity index (χ0v) is 16.6. The molecule has 134 valence electrons. The zero-order chi connectivity index (χ0) is 18.8. The van der Waals surface area contributed by atoms with E-state index in [9.17, 15) is 13.2 Å². The molecule has 2 aromatic rings. The molecule has 0 aromatic heterocycles. The van der Waals surface area contributed by atoms with E-state index >= 15 is 0 Å². The van der Waals surface area contributed by atoms with Crippen molar-refractivity contribution in [3.8, 4) is 0 Å². The Labute approximate surface area is 165 Å². The second-order valence-corrected chi connectivity index (χ2v) is 8.64. The first-order valence-corrected chi connectivity index (χ1v) is 10.1. The number of carbonyl (C=O) groups excluding carboxylic acids is 1.